The van der Waals surface area contributed by atoms with Crippen LogP contribution in [0.3, 0.4) is 0 Å². The van der Waals surface area contributed by atoms with Crippen LogP contribution in [0.4, 0.5) is 0 Å². The molecule has 0 N–H and O–H groups in total. The van der Waals surface area contributed by atoms with Crippen LogP contribution in [0, 0.1) is 0 Å². The summed E-state index contributed by atoms with van der Waals surface area (Å²) in [4.78, 5) is 44.4. The number of aromatic nitrogens is 9. The van der Waals surface area contributed by atoms with Gasteiger partial charge in [0.1, 0.15) is 17.5 Å². The number of benzene rings is 4. The third kappa shape index (κ3) is 7.95. The molecule has 0 saturated heterocycles. The van der Waals surface area contributed by atoms with Crippen molar-refractivity contribution in [2.24, 2.45) is 0 Å². The highest BCUT2D eigenvalue weighted by Crippen LogP contribution is 2.31. The lowest BCUT2D eigenvalue weighted by atomic mass is 9.93. The molecule has 9 nitrogen and oxygen atoms in total. The number of rotatable bonds is 6. The van der Waals surface area contributed by atoms with Gasteiger partial charge in [-0.15, -0.1) is 0 Å². The van der Waals surface area contributed by atoms with Crippen molar-refractivity contribution in [2.75, 3.05) is 0 Å². The van der Waals surface area contributed by atoms with E-state index in [1.165, 1.54) is 0 Å². The number of hydrogen-bond acceptors (Lipinski definition) is 9. The highest BCUT2D eigenvalue weighted by atomic mass is 15.1. The summed E-state index contributed by atoms with van der Waals surface area (Å²) >= 11 is 0. The molecule has 0 spiro atoms. The molecule has 0 aliphatic carbocycles. The van der Waals surface area contributed by atoms with E-state index in [0.717, 1.165) is 50.9 Å². The molecule has 0 atom stereocenters. The summed E-state index contributed by atoms with van der Waals surface area (Å²) in [7, 11) is 0. The Kier molecular flexibility index (Phi) is 9.43. The van der Waals surface area contributed by atoms with Crippen molar-refractivity contribution in [2.45, 2.75) is 78.6 Å². The van der Waals surface area contributed by atoms with E-state index in [-0.39, 0.29) is 16.2 Å². The lowest BCUT2D eigenvalue weighted by Gasteiger charge is -2.22. The highest BCUT2D eigenvalue weighted by molar-refractivity contribution is 5.71. The molecule has 0 bridgehead atoms. The van der Waals surface area contributed by atoms with E-state index in [0.29, 0.717) is 34.9 Å². The van der Waals surface area contributed by atoms with Gasteiger partial charge in [0.05, 0.1) is 0 Å². The average Bonchev–Trinajstić information content (AvgIpc) is 3.17. The Labute approximate surface area is 317 Å². The second-order valence-electron chi connectivity index (χ2n) is 16.6. The van der Waals surface area contributed by atoms with Crippen LogP contribution in [-0.2, 0) is 16.2 Å². The van der Waals surface area contributed by atoms with Crippen LogP contribution in [-0.4, -0.2) is 44.9 Å². The van der Waals surface area contributed by atoms with E-state index in [9.17, 15) is 0 Å². The lowest BCUT2D eigenvalue weighted by molar-refractivity contribution is 0.497. The fourth-order valence-electron chi connectivity index (χ4n) is 5.65. The molecule has 0 saturated carbocycles. The molecule has 4 aromatic carbocycles. The molecule has 0 unspecified atom stereocenters. The van der Waals surface area contributed by atoms with Gasteiger partial charge in [0.15, 0.2) is 34.9 Å². The summed E-state index contributed by atoms with van der Waals surface area (Å²) in [6, 6.07) is 36.1. The van der Waals surface area contributed by atoms with Crippen molar-refractivity contribution in [3.8, 4) is 68.3 Å². The van der Waals surface area contributed by atoms with Gasteiger partial charge < -0.3 is 0 Å². The fourth-order valence-corrected chi connectivity index (χ4v) is 5.65. The van der Waals surface area contributed by atoms with E-state index in [2.05, 4.69) is 62.3 Å². The molecule has 270 valence electrons. The van der Waals surface area contributed by atoms with Crippen LogP contribution in [0.15, 0.2) is 109 Å². The van der Waals surface area contributed by atoms with Crippen LogP contribution in [0.1, 0.15) is 79.8 Å². The lowest BCUT2D eigenvalue weighted by Crippen LogP contribution is -2.24. The van der Waals surface area contributed by atoms with Gasteiger partial charge in [-0.1, -0.05) is 165 Å². The zero-order chi connectivity index (χ0) is 38.3. The molecule has 54 heavy (non-hydrogen) atoms. The van der Waals surface area contributed by atoms with Gasteiger partial charge in [-0.2, -0.15) is 0 Å². The maximum absolute atomic E-state index is 5.03. The Morgan fingerprint density at radius 1 is 0.259 bits per heavy atom. The third-order valence-corrected chi connectivity index (χ3v) is 8.76. The van der Waals surface area contributed by atoms with Crippen LogP contribution >= 0.6 is 0 Å². The van der Waals surface area contributed by atoms with E-state index < -0.39 is 0 Å². The van der Waals surface area contributed by atoms with Crippen LogP contribution in [0.25, 0.3) is 68.3 Å². The Bertz CT molecular complexity index is 2390. The monoisotopic (exact) mass is 711 g/mol. The minimum absolute atomic E-state index is 0.249. The van der Waals surface area contributed by atoms with Crippen molar-refractivity contribution in [3.05, 3.63) is 127 Å². The van der Waals surface area contributed by atoms with Gasteiger partial charge in [0.25, 0.3) is 0 Å². The van der Waals surface area contributed by atoms with Crippen molar-refractivity contribution in [1.29, 1.82) is 0 Å². The first kappa shape index (κ1) is 36.3. The fraction of sp³-hybridized carbons (Fsp3) is 0.267. The van der Waals surface area contributed by atoms with Crippen LogP contribution in [0.5, 0.6) is 0 Å². The standard InChI is InChI=1S/C45H45N9/c1-43(2,3)40-50-36(29-19-14-11-15-20-29)49-37(51-40)31-25-23-30(24-26-31)35-46-34(28-17-12-10-13-18-28)47-38(48-35)32-21-16-22-33(27-32)39-52-41(44(4,5)6)54-42(53-39)45(7,8)9/h10-27H,1-9H3. The maximum Gasteiger partial charge on any atom is 0.164 e. The summed E-state index contributed by atoms with van der Waals surface area (Å²) in [5.74, 6) is 5.80. The first-order valence-electron chi connectivity index (χ1n) is 18.2. The number of nitrogens with zero attached hydrogens (tertiary/aromatic N) is 9. The van der Waals surface area contributed by atoms with Crippen molar-refractivity contribution < 1.29 is 0 Å². The minimum Gasteiger partial charge on any atom is -0.217 e. The molecule has 9 heteroatoms. The Hall–Kier alpha value is -6.09. The van der Waals surface area contributed by atoms with Crippen LogP contribution < -0.4 is 0 Å². The van der Waals surface area contributed by atoms with Gasteiger partial charge in [0, 0.05) is 49.6 Å². The van der Waals surface area contributed by atoms with Crippen molar-refractivity contribution >= 4 is 0 Å². The smallest absolute Gasteiger partial charge is 0.164 e. The summed E-state index contributed by atoms with van der Waals surface area (Å²) < 4.78 is 0. The topological polar surface area (TPSA) is 116 Å². The molecule has 0 aliphatic heterocycles. The van der Waals surface area contributed by atoms with Gasteiger partial charge in [0.2, 0.25) is 0 Å². The number of hydrogen-bond donors (Lipinski definition) is 0. The predicted molar refractivity (Wildman–Crippen MR) is 215 cm³/mol. The molecule has 3 aromatic heterocycles. The molecule has 3 heterocycles. The minimum atomic E-state index is -0.263. The van der Waals surface area contributed by atoms with Gasteiger partial charge in [-0.3, -0.25) is 0 Å². The second kappa shape index (κ2) is 14.0. The Morgan fingerprint density at radius 3 is 0.870 bits per heavy atom. The van der Waals surface area contributed by atoms with E-state index in [4.69, 9.17) is 44.9 Å². The average molecular weight is 712 g/mol. The quantitative estimate of drug-likeness (QED) is 0.166. The zero-order valence-corrected chi connectivity index (χ0v) is 32.4. The van der Waals surface area contributed by atoms with Gasteiger partial charge >= 0.3 is 0 Å². The largest absolute Gasteiger partial charge is 0.217 e. The molecule has 7 aromatic rings. The normalized spacial score (nSPS) is 12.2. The molecule has 0 fully saturated rings. The Balaban J connectivity index is 1.31. The molecule has 0 radical (unpaired) electrons. The molecule has 0 aliphatic rings. The van der Waals surface area contributed by atoms with E-state index in [1.807, 2.05) is 109 Å². The van der Waals surface area contributed by atoms with Crippen molar-refractivity contribution in [3.63, 3.8) is 0 Å². The summed E-state index contributed by atoms with van der Waals surface area (Å²) in [6.45, 7) is 19.0. The zero-order valence-electron chi connectivity index (χ0n) is 32.4. The third-order valence-electron chi connectivity index (χ3n) is 8.76. The van der Waals surface area contributed by atoms with E-state index >= 15 is 0 Å². The van der Waals surface area contributed by atoms with Crippen molar-refractivity contribution in [1.82, 2.24) is 44.9 Å². The first-order valence-corrected chi connectivity index (χ1v) is 18.2. The summed E-state index contributed by atoms with van der Waals surface area (Å²) in [5, 5.41) is 0. The van der Waals surface area contributed by atoms with Gasteiger partial charge in [-0.05, 0) is 6.07 Å². The second-order valence-corrected chi connectivity index (χ2v) is 16.6. The first-order chi connectivity index (χ1) is 25.6. The predicted octanol–water partition coefficient (Wildman–Crippen LogP) is 10.1. The molecule has 7 rings (SSSR count). The van der Waals surface area contributed by atoms with Gasteiger partial charge in [-0.25, -0.2) is 44.9 Å². The SMILES string of the molecule is CC(C)(C)c1nc(-c2ccccc2)nc(-c2ccc(-c3nc(-c4ccccc4)nc(-c4cccc(-c5nc(C(C)(C)C)nc(C(C)(C)C)n5)c4)n3)cc2)n1. The molecular formula is C45H45N9. The summed E-state index contributed by atoms with van der Waals surface area (Å²) in [6.07, 6.45) is 0. The highest BCUT2D eigenvalue weighted by Gasteiger charge is 2.26. The van der Waals surface area contributed by atoms with Crippen LogP contribution in [0.2, 0.25) is 0 Å². The Morgan fingerprint density at radius 2 is 0.519 bits per heavy atom. The molecular weight excluding hydrogens is 667 g/mol. The molecule has 0 amide bonds. The summed E-state index contributed by atoms with van der Waals surface area (Å²) in [5.41, 5.74) is 4.47. The van der Waals surface area contributed by atoms with E-state index in [1.54, 1.807) is 0 Å². The maximum atomic E-state index is 5.03.